The van der Waals surface area contributed by atoms with E-state index < -0.39 is 17.5 Å². The molecule has 0 atom stereocenters. The standard InChI is InChI=1S/C21H20FNO4/c1-21(2,3)27-20(25)23-16-8-6-5-7-14(16)19(17(23)12-24)13-9-10-18(26-4)15(22)11-13/h5-12H,1-4H3. The molecule has 0 aliphatic carbocycles. The number of rotatable bonds is 3. The highest BCUT2D eigenvalue weighted by Crippen LogP contribution is 2.36. The summed E-state index contributed by atoms with van der Waals surface area (Å²) in [5.41, 5.74) is 0.826. The fraction of sp³-hybridized carbons (Fsp3) is 0.238. The Morgan fingerprint density at radius 1 is 1.15 bits per heavy atom. The number of fused-ring (bicyclic) bond motifs is 1. The number of hydrogen-bond acceptors (Lipinski definition) is 4. The van der Waals surface area contributed by atoms with Gasteiger partial charge >= 0.3 is 6.09 Å². The summed E-state index contributed by atoms with van der Waals surface area (Å²) in [6.07, 6.45) is -0.0810. The lowest BCUT2D eigenvalue weighted by atomic mass is 10.0. The number of aldehydes is 1. The molecule has 0 saturated carbocycles. The molecule has 0 saturated heterocycles. The van der Waals surface area contributed by atoms with Crippen molar-refractivity contribution < 1.29 is 23.5 Å². The van der Waals surface area contributed by atoms with Crippen LogP contribution in [0.3, 0.4) is 0 Å². The Bertz CT molecular complexity index is 1030. The molecule has 3 rings (SSSR count). The minimum absolute atomic E-state index is 0.0993. The van der Waals surface area contributed by atoms with E-state index in [1.807, 2.05) is 0 Å². The molecule has 3 aromatic rings. The first-order chi connectivity index (χ1) is 12.8. The number of benzene rings is 2. The van der Waals surface area contributed by atoms with Crippen molar-refractivity contribution in [2.45, 2.75) is 26.4 Å². The second-order valence-corrected chi connectivity index (χ2v) is 7.06. The van der Waals surface area contributed by atoms with Crippen molar-refractivity contribution >= 4 is 23.3 Å². The van der Waals surface area contributed by atoms with Crippen LogP contribution in [-0.2, 0) is 4.74 Å². The molecule has 2 aromatic carbocycles. The summed E-state index contributed by atoms with van der Waals surface area (Å²) in [7, 11) is 1.38. The molecule has 0 aliphatic heterocycles. The van der Waals surface area contributed by atoms with Gasteiger partial charge in [0.1, 0.15) is 11.3 Å². The van der Waals surface area contributed by atoms with Crippen LogP contribution in [-0.4, -0.2) is 29.7 Å². The Labute approximate surface area is 156 Å². The maximum Gasteiger partial charge on any atom is 0.419 e. The first-order valence-electron chi connectivity index (χ1n) is 8.42. The third-order valence-corrected chi connectivity index (χ3v) is 4.04. The van der Waals surface area contributed by atoms with E-state index in [1.165, 1.54) is 23.8 Å². The zero-order valence-corrected chi connectivity index (χ0v) is 15.6. The fourth-order valence-electron chi connectivity index (χ4n) is 3.00. The number of aromatic nitrogens is 1. The largest absolute Gasteiger partial charge is 0.494 e. The van der Waals surface area contributed by atoms with Gasteiger partial charge in [0.15, 0.2) is 17.9 Å². The van der Waals surface area contributed by atoms with Gasteiger partial charge in [0.25, 0.3) is 0 Å². The topological polar surface area (TPSA) is 57.5 Å². The first kappa shape index (κ1) is 18.6. The van der Waals surface area contributed by atoms with Crippen LogP contribution in [0.4, 0.5) is 9.18 Å². The van der Waals surface area contributed by atoms with Crippen LogP contribution in [0, 0.1) is 5.82 Å². The second kappa shape index (κ2) is 6.87. The maximum atomic E-state index is 14.2. The van der Waals surface area contributed by atoms with Gasteiger partial charge in [-0.3, -0.25) is 4.79 Å². The number of carbonyl (C=O) groups excluding carboxylic acids is 2. The molecule has 0 spiro atoms. The molecule has 5 nitrogen and oxygen atoms in total. The monoisotopic (exact) mass is 369 g/mol. The summed E-state index contributed by atoms with van der Waals surface area (Å²) < 4.78 is 25.9. The summed E-state index contributed by atoms with van der Waals surface area (Å²) >= 11 is 0. The number of para-hydroxylation sites is 1. The van der Waals surface area contributed by atoms with E-state index in [0.717, 1.165) is 0 Å². The molecular weight excluding hydrogens is 349 g/mol. The van der Waals surface area contributed by atoms with E-state index in [-0.39, 0.29) is 11.4 Å². The molecule has 0 radical (unpaired) electrons. The molecule has 27 heavy (non-hydrogen) atoms. The zero-order valence-electron chi connectivity index (χ0n) is 15.6. The smallest absolute Gasteiger partial charge is 0.419 e. The predicted octanol–water partition coefficient (Wildman–Crippen LogP) is 5.05. The highest BCUT2D eigenvalue weighted by molar-refractivity contribution is 6.09. The van der Waals surface area contributed by atoms with E-state index in [1.54, 1.807) is 51.1 Å². The summed E-state index contributed by atoms with van der Waals surface area (Å²) in [5, 5.41) is 0.648. The molecule has 6 heteroatoms. The van der Waals surface area contributed by atoms with Crippen LogP contribution in [0.1, 0.15) is 31.3 Å². The molecule has 0 aliphatic rings. The fourth-order valence-corrected chi connectivity index (χ4v) is 3.00. The third-order valence-electron chi connectivity index (χ3n) is 4.04. The van der Waals surface area contributed by atoms with Crippen LogP contribution in [0.5, 0.6) is 5.75 Å². The molecule has 140 valence electrons. The highest BCUT2D eigenvalue weighted by atomic mass is 19.1. The van der Waals surface area contributed by atoms with Crippen molar-refractivity contribution in [1.29, 1.82) is 0 Å². The first-order valence-corrected chi connectivity index (χ1v) is 8.42. The Balaban J connectivity index is 2.29. The van der Waals surface area contributed by atoms with Crippen molar-refractivity contribution in [3.8, 4) is 16.9 Å². The summed E-state index contributed by atoms with van der Waals surface area (Å²) in [6, 6.07) is 11.5. The molecule has 0 unspecified atom stereocenters. The molecule has 1 aromatic heterocycles. The predicted molar refractivity (Wildman–Crippen MR) is 101 cm³/mol. The second-order valence-electron chi connectivity index (χ2n) is 7.06. The number of carbonyl (C=O) groups is 2. The van der Waals surface area contributed by atoms with Crippen LogP contribution >= 0.6 is 0 Å². The van der Waals surface area contributed by atoms with Crippen molar-refractivity contribution in [2.24, 2.45) is 0 Å². The van der Waals surface area contributed by atoms with Crippen LogP contribution in [0.25, 0.3) is 22.0 Å². The molecule has 0 fully saturated rings. The number of hydrogen-bond donors (Lipinski definition) is 0. The van der Waals surface area contributed by atoms with Gasteiger partial charge in [-0.25, -0.2) is 13.8 Å². The van der Waals surface area contributed by atoms with E-state index in [4.69, 9.17) is 9.47 Å². The number of halogens is 1. The van der Waals surface area contributed by atoms with Gasteiger partial charge in [-0.05, 0) is 44.5 Å². The SMILES string of the molecule is COc1ccc(-c2c(C=O)n(C(=O)OC(C)(C)C)c3ccccc23)cc1F. The van der Waals surface area contributed by atoms with Crippen LogP contribution < -0.4 is 4.74 Å². The quantitative estimate of drug-likeness (QED) is 0.606. The lowest BCUT2D eigenvalue weighted by Gasteiger charge is -2.20. The lowest BCUT2D eigenvalue weighted by molar-refractivity contribution is 0.0539. The van der Waals surface area contributed by atoms with Crippen molar-refractivity contribution in [2.75, 3.05) is 7.11 Å². The van der Waals surface area contributed by atoms with E-state index in [0.29, 0.717) is 28.3 Å². The lowest BCUT2D eigenvalue weighted by Crippen LogP contribution is -2.28. The van der Waals surface area contributed by atoms with E-state index in [2.05, 4.69) is 0 Å². The van der Waals surface area contributed by atoms with Gasteiger partial charge in [-0.2, -0.15) is 0 Å². The number of ether oxygens (including phenoxy) is 2. The van der Waals surface area contributed by atoms with Crippen LogP contribution in [0.15, 0.2) is 42.5 Å². The number of nitrogens with zero attached hydrogens (tertiary/aromatic N) is 1. The van der Waals surface area contributed by atoms with Crippen molar-refractivity contribution in [3.63, 3.8) is 0 Å². The minimum atomic E-state index is -0.727. The Hall–Kier alpha value is -3.15. The average Bonchev–Trinajstić information content (AvgIpc) is 2.94. The Kier molecular flexibility index (Phi) is 4.74. The van der Waals surface area contributed by atoms with Crippen molar-refractivity contribution in [3.05, 3.63) is 54.0 Å². The van der Waals surface area contributed by atoms with Gasteiger partial charge in [-0.1, -0.05) is 24.3 Å². The normalized spacial score (nSPS) is 11.4. The Morgan fingerprint density at radius 3 is 2.44 bits per heavy atom. The minimum Gasteiger partial charge on any atom is -0.494 e. The van der Waals surface area contributed by atoms with Crippen LogP contribution in [0.2, 0.25) is 0 Å². The van der Waals surface area contributed by atoms with Gasteiger partial charge < -0.3 is 9.47 Å². The zero-order chi connectivity index (χ0) is 19.8. The molecule has 0 N–H and O–H groups in total. The summed E-state index contributed by atoms with van der Waals surface area (Å²) in [6.45, 7) is 5.24. The van der Waals surface area contributed by atoms with E-state index in [9.17, 15) is 14.0 Å². The molecule has 1 heterocycles. The number of methoxy groups -OCH3 is 1. The van der Waals surface area contributed by atoms with E-state index >= 15 is 0 Å². The van der Waals surface area contributed by atoms with Gasteiger partial charge in [-0.15, -0.1) is 0 Å². The Morgan fingerprint density at radius 2 is 1.85 bits per heavy atom. The summed E-state index contributed by atoms with van der Waals surface area (Å²) in [5.74, 6) is -0.455. The van der Waals surface area contributed by atoms with Gasteiger partial charge in [0.05, 0.1) is 12.6 Å². The van der Waals surface area contributed by atoms with Gasteiger partial charge in [0, 0.05) is 10.9 Å². The molecule has 0 bridgehead atoms. The van der Waals surface area contributed by atoms with Crippen molar-refractivity contribution in [1.82, 2.24) is 4.57 Å². The van der Waals surface area contributed by atoms with Gasteiger partial charge in [0.2, 0.25) is 0 Å². The highest BCUT2D eigenvalue weighted by Gasteiger charge is 2.26. The molecular formula is C21H20FNO4. The third kappa shape index (κ3) is 3.43. The average molecular weight is 369 g/mol. The maximum absolute atomic E-state index is 14.2. The summed E-state index contributed by atoms with van der Waals surface area (Å²) in [4.78, 5) is 24.7. The molecule has 0 amide bonds.